The van der Waals surface area contributed by atoms with Gasteiger partial charge in [0.2, 0.25) is 0 Å². The average Bonchev–Trinajstić information content (AvgIpc) is 2.20. The molecule has 0 aliphatic carbocycles. The molecular formula is C10H12FNO2. The van der Waals surface area contributed by atoms with Gasteiger partial charge in [0.05, 0.1) is 18.7 Å². The lowest BCUT2D eigenvalue weighted by atomic mass is 10.0. The smallest absolute Gasteiger partial charge is 0.312 e. The quantitative estimate of drug-likeness (QED) is 0.679. The predicted molar refractivity (Wildman–Crippen MR) is 49.4 cm³/mol. The zero-order valence-corrected chi connectivity index (χ0v) is 8.37. The molecule has 0 spiro atoms. The number of hydrogen-bond donors (Lipinski definition) is 0. The van der Waals surface area contributed by atoms with Crippen molar-refractivity contribution in [2.24, 2.45) is 0 Å². The Labute approximate surface area is 81.9 Å². The van der Waals surface area contributed by atoms with E-state index in [-0.39, 0.29) is 0 Å². The lowest BCUT2D eigenvalue weighted by Crippen LogP contribution is -2.11. The number of ether oxygens (including phenoxy) is 1. The van der Waals surface area contributed by atoms with Gasteiger partial charge in [0.25, 0.3) is 0 Å². The van der Waals surface area contributed by atoms with E-state index in [0.717, 1.165) is 0 Å². The second-order valence-electron chi connectivity index (χ2n) is 3.08. The molecule has 0 saturated carbocycles. The number of rotatable bonds is 2. The summed E-state index contributed by atoms with van der Waals surface area (Å²) in [5.41, 5.74) is 0.853. The van der Waals surface area contributed by atoms with Crippen molar-refractivity contribution < 1.29 is 13.9 Å². The second-order valence-corrected chi connectivity index (χ2v) is 3.08. The fourth-order valence-corrected chi connectivity index (χ4v) is 1.07. The SMILES string of the molecule is COC(=O)C(C)c1cnc(C)c(F)c1. The van der Waals surface area contributed by atoms with Gasteiger partial charge in [-0.25, -0.2) is 4.39 Å². The van der Waals surface area contributed by atoms with Gasteiger partial charge in [-0.15, -0.1) is 0 Å². The van der Waals surface area contributed by atoms with Crippen molar-refractivity contribution in [2.45, 2.75) is 19.8 Å². The van der Waals surface area contributed by atoms with Crippen LogP contribution in [0.15, 0.2) is 12.3 Å². The standard InChI is InChI=1S/C10H12FNO2/c1-6(10(13)14-3)8-4-9(11)7(2)12-5-8/h4-6H,1-3H3. The molecule has 14 heavy (non-hydrogen) atoms. The van der Waals surface area contributed by atoms with Gasteiger partial charge in [0.1, 0.15) is 5.82 Å². The zero-order chi connectivity index (χ0) is 10.7. The van der Waals surface area contributed by atoms with Gasteiger partial charge in [-0.2, -0.15) is 0 Å². The molecular weight excluding hydrogens is 185 g/mol. The first kappa shape index (κ1) is 10.6. The number of aryl methyl sites for hydroxylation is 1. The molecule has 0 radical (unpaired) electrons. The molecule has 0 saturated heterocycles. The number of hydrogen-bond acceptors (Lipinski definition) is 3. The molecule has 0 amide bonds. The van der Waals surface area contributed by atoms with Crippen LogP contribution in [0.5, 0.6) is 0 Å². The average molecular weight is 197 g/mol. The highest BCUT2D eigenvalue weighted by atomic mass is 19.1. The van der Waals surface area contributed by atoms with E-state index >= 15 is 0 Å². The van der Waals surface area contributed by atoms with Gasteiger partial charge in [-0.1, -0.05) is 0 Å². The Kier molecular flexibility index (Phi) is 3.17. The fraction of sp³-hybridized carbons (Fsp3) is 0.400. The maximum Gasteiger partial charge on any atom is 0.312 e. The Hall–Kier alpha value is -1.45. The van der Waals surface area contributed by atoms with Gasteiger partial charge < -0.3 is 4.74 Å². The van der Waals surface area contributed by atoms with Crippen LogP contribution in [0.25, 0.3) is 0 Å². The molecule has 1 aromatic rings. The maximum atomic E-state index is 13.1. The van der Waals surface area contributed by atoms with Crippen molar-refractivity contribution in [3.05, 3.63) is 29.3 Å². The van der Waals surface area contributed by atoms with E-state index in [0.29, 0.717) is 11.3 Å². The molecule has 1 rings (SSSR count). The maximum absolute atomic E-state index is 13.1. The molecule has 0 aliphatic heterocycles. The summed E-state index contributed by atoms with van der Waals surface area (Å²) in [6.07, 6.45) is 1.49. The van der Waals surface area contributed by atoms with E-state index in [1.165, 1.54) is 19.4 Å². The molecule has 0 fully saturated rings. The molecule has 76 valence electrons. The van der Waals surface area contributed by atoms with Crippen LogP contribution in [0, 0.1) is 12.7 Å². The number of methoxy groups -OCH3 is 1. The Morgan fingerprint density at radius 1 is 1.64 bits per heavy atom. The van der Waals surface area contributed by atoms with Gasteiger partial charge in [-0.3, -0.25) is 9.78 Å². The first-order valence-corrected chi connectivity index (χ1v) is 4.26. The minimum absolute atomic E-state index is 0.325. The van der Waals surface area contributed by atoms with Crippen molar-refractivity contribution in [3.63, 3.8) is 0 Å². The number of esters is 1. The lowest BCUT2D eigenvalue weighted by Gasteiger charge is -2.09. The monoisotopic (exact) mass is 197 g/mol. The van der Waals surface area contributed by atoms with Crippen LogP contribution in [-0.2, 0) is 9.53 Å². The fourth-order valence-electron chi connectivity index (χ4n) is 1.07. The minimum atomic E-state index is -0.484. The summed E-state index contributed by atoms with van der Waals surface area (Å²) >= 11 is 0. The van der Waals surface area contributed by atoms with E-state index in [1.54, 1.807) is 13.8 Å². The molecule has 0 aliphatic rings. The van der Waals surface area contributed by atoms with Crippen molar-refractivity contribution in [1.82, 2.24) is 4.98 Å². The summed E-state index contributed by atoms with van der Waals surface area (Å²) in [4.78, 5) is 15.0. The number of nitrogens with zero attached hydrogens (tertiary/aromatic N) is 1. The number of pyridine rings is 1. The third-order valence-electron chi connectivity index (χ3n) is 2.10. The molecule has 1 heterocycles. The molecule has 1 unspecified atom stereocenters. The number of carbonyl (C=O) groups excluding carboxylic acids is 1. The Bertz CT molecular complexity index is 352. The highest BCUT2D eigenvalue weighted by molar-refractivity contribution is 5.77. The number of halogens is 1. The molecule has 3 nitrogen and oxygen atoms in total. The van der Waals surface area contributed by atoms with Crippen molar-refractivity contribution in [1.29, 1.82) is 0 Å². The van der Waals surface area contributed by atoms with Crippen LogP contribution < -0.4 is 0 Å². The lowest BCUT2D eigenvalue weighted by molar-refractivity contribution is -0.142. The Balaban J connectivity index is 2.96. The van der Waals surface area contributed by atoms with Gasteiger partial charge in [-0.05, 0) is 25.5 Å². The van der Waals surface area contributed by atoms with E-state index in [9.17, 15) is 9.18 Å². The highest BCUT2D eigenvalue weighted by Crippen LogP contribution is 2.17. The van der Waals surface area contributed by atoms with Crippen molar-refractivity contribution in [2.75, 3.05) is 7.11 Å². The zero-order valence-electron chi connectivity index (χ0n) is 8.37. The van der Waals surface area contributed by atoms with E-state index in [1.807, 2.05) is 0 Å². The van der Waals surface area contributed by atoms with Gasteiger partial charge >= 0.3 is 5.97 Å². The van der Waals surface area contributed by atoms with Gasteiger partial charge in [0, 0.05) is 6.20 Å². The van der Waals surface area contributed by atoms with Crippen LogP contribution >= 0.6 is 0 Å². The van der Waals surface area contributed by atoms with E-state index < -0.39 is 17.7 Å². The highest BCUT2D eigenvalue weighted by Gasteiger charge is 2.16. The first-order valence-electron chi connectivity index (χ1n) is 4.26. The van der Waals surface area contributed by atoms with Crippen LogP contribution in [-0.4, -0.2) is 18.1 Å². The first-order chi connectivity index (χ1) is 6.56. The van der Waals surface area contributed by atoms with E-state index in [4.69, 9.17) is 0 Å². The molecule has 1 atom stereocenters. The molecule has 4 heteroatoms. The number of aromatic nitrogens is 1. The summed E-state index contributed by atoms with van der Waals surface area (Å²) < 4.78 is 17.6. The molecule has 1 aromatic heterocycles. The van der Waals surface area contributed by atoms with Crippen LogP contribution in [0.4, 0.5) is 4.39 Å². The summed E-state index contributed by atoms with van der Waals surface area (Å²) in [6, 6.07) is 1.31. The van der Waals surface area contributed by atoms with Crippen LogP contribution in [0.2, 0.25) is 0 Å². The number of carbonyl (C=O) groups is 1. The third-order valence-corrected chi connectivity index (χ3v) is 2.10. The molecule has 0 N–H and O–H groups in total. The van der Waals surface area contributed by atoms with Crippen LogP contribution in [0.1, 0.15) is 24.1 Å². The largest absolute Gasteiger partial charge is 0.469 e. The molecule has 0 aromatic carbocycles. The summed E-state index contributed by atoms with van der Waals surface area (Å²) in [5, 5.41) is 0. The summed E-state index contributed by atoms with van der Waals surface area (Å²) in [7, 11) is 1.30. The second kappa shape index (κ2) is 4.17. The van der Waals surface area contributed by atoms with Crippen molar-refractivity contribution in [3.8, 4) is 0 Å². The normalized spacial score (nSPS) is 12.3. The summed E-state index contributed by atoms with van der Waals surface area (Å²) in [5.74, 6) is -1.28. The van der Waals surface area contributed by atoms with Crippen LogP contribution in [0.3, 0.4) is 0 Å². The minimum Gasteiger partial charge on any atom is -0.469 e. The predicted octanol–water partition coefficient (Wildman–Crippen LogP) is 1.81. The van der Waals surface area contributed by atoms with E-state index in [2.05, 4.69) is 9.72 Å². The van der Waals surface area contributed by atoms with Gasteiger partial charge in [0.15, 0.2) is 0 Å². The third kappa shape index (κ3) is 2.07. The Morgan fingerprint density at radius 3 is 2.79 bits per heavy atom. The topological polar surface area (TPSA) is 39.2 Å². The summed E-state index contributed by atoms with van der Waals surface area (Å²) in [6.45, 7) is 3.22. The van der Waals surface area contributed by atoms with Crippen molar-refractivity contribution >= 4 is 5.97 Å². The Morgan fingerprint density at radius 2 is 2.29 bits per heavy atom. The molecule has 0 bridgehead atoms.